The van der Waals surface area contributed by atoms with E-state index in [1.165, 1.54) is 6.07 Å². The number of benzene rings is 2. The first-order valence-electron chi connectivity index (χ1n) is 8.54. The molecule has 1 aliphatic rings. The molecule has 1 aromatic heterocycles. The molecular formula is C20H18ClN3O2. The highest BCUT2D eigenvalue weighted by Gasteiger charge is 2.23. The van der Waals surface area contributed by atoms with E-state index in [0.717, 1.165) is 16.6 Å². The zero-order chi connectivity index (χ0) is 18.1. The van der Waals surface area contributed by atoms with Crippen LogP contribution < -0.4 is 10.5 Å². The average Bonchev–Trinajstić information content (AvgIpc) is 2.67. The zero-order valence-corrected chi connectivity index (χ0v) is 14.9. The van der Waals surface area contributed by atoms with E-state index in [1.807, 2.05) is 29.2 Å². The highest BCUT2D eigenvalue weighted by atomic mass is 35.5. The standard InChI is InChI=1S/C20H18ClN3O2/c21-16-5-1-4-15(13-16)20(26)24-11-9-23(10-12-24)17-6-2-3-14-7-8-18(25)22-19(14)17/h1-8,13H,9-12H2,(H,22,25). The number of carbonyl (C=O) groups is 1. The minimum Gasteiger partial charge on any atom is -0.366 e. The van der Waals surface area contributed by atoms with Gasteiger partial charge in [-0.05, 0) is 30.3 Å². The number of aromatic amines is 1. The Morgan fingerprint density at radius 3 is 2.50 bits per heavy atom. The third-order valence-electron chi connectivity index (χ3n) is 4.72. The van der Waals surface area contributed by atoms with Gasteiger partial charge in [0.15, 0.2) is 0 Å². The number of nitrogens with zero attached hydrogens (tertiary/aromatic N) is 2. The van der Waals surface area contributed by atoms with Gasteiger partial charge < -0.3 is 14.8 Å². The van der Waals surface area contributed by atoms with Crippen molar-refractivity contribution in [3.8, 4) is 0 Å². The summed E-state index contributed by atoms with van der Waals surface area (Å²) < 4.78 is 0. The molecule has 1 N–H and O–H groups in total. The lowest BCUT2D eigenvalue weighted by Gasteiger charge is -2.36. The van der Waals surface area contributed by atoms with Crippen LogP contribution in [0.2, 0.25) is 5.02 Å². The number of rotatable bonds is 2. The first-order chi connectivity index (χ1) is 12.6. The van der Waals surface area contributed by atoms with Crippen LogP contribution in [0.15, 0.2) is 59.4 Å². The second-order valence-electron chi connectivity index (χ2n) is 6.35. The molecule has 3 aromatic rings. The monoisotopic (exact) mass is 367 g/mol. The van der Waals surface area contributed by atoms with Crippen LogP contribution in [0.25, 0.3) is 10.9 Å². The number of pyridine rings is 1. The van der Waals surface area contributed by atoms with Gasteiger partial charge in [0.05, 0.1) is 11.2 Å². The molecule has 1 amide bonds. The maximum Gasteiger partial charge on any atom is 0.254 e. The Bertz CT molecular complexity index is 1020. The van der Waals surface area contributed by atoms with Crippen LogP contribution in [0.4, 0.5) is 5.69 Å². The SMILES string of the molecule is O=C(c1cccc(Cl)c1)N1CCN(c2cccc3ccc(=O)[nH]c23)CC1. The molecule has 2 aromatic carbocycles. The first kappa shape index (κ1) is 16.7. The van der Waals surface area contributed by atoms with Gasteiger partial charge in [-0.15, -0.1) is 0 Å². The Hall–Kier alpha value is -2.79. The van der Waals surface area contributed by atoms with Crippen molar-refractivity contribution >= 4 is 34.1 Å². The third-order valence-corrected chi connectivity index (χ3v) is 4.95. The number of para-hydroxylation sites is 1. The summed E-state index contributed by atoms with van der Waals surface area (Å²) in [6.45, 7) is 2.67. The lowest BCUT2D eigenvalue weighted by Crippen LogP contribution is -2.48. The topological polar surface area (TPSA) is 56.4 Å². The molecule has 1 fully saturated rings. The van der Waals surface area contributed by atoms with Gasteiger partial charge in [0.2, 0.25) is 5.56 Å². The predicted molar refractivity (Wildman–Crippen MR) is 104 cm³/mol. The number of piperazine rings is 1. The van der Waals surface area contributed by atoms with Crippen molar-refractivity contribution in [1.29, 1.82) is 0 Å². The molecule has 0 aliphatic carbocycles. The van der Waals surface area contributed by atoms with Gasteiger partial charge in [-0.1, -0.05) is 29.8 Å². The van der Waals surface area contributed by atoms with Gasteiger partial charge in [0.1, 0.15) is 0 Å². The Kier molecular flexibility index (Phi) is 4.39. The van der Waals surface area contributed by atoms with E-state index in [0.29, 0.717) is 36.8 Å². The Morgan fingerprint density at radius 2 is 1.73 bits per heavy atom. The molecule has 0 bridgehead atoms. The van der Waals surface area contributed by atoms with Gasteiger partial charge >= 0.3 is 0 Å². The molecule has 6 heteroatoms. The van der Waals surface area contributed by atoms with E-state index in [2.05, 4.69) is 9.88 Å². The van der Waals surface area contributed by atoms with Crippen LogP contribution in [0.1, 0.15) is 10.4 Å². The molecular weight excluding hydrogens is 350 g/mol. The molecule has 1 saturated heterocycles. The Balaban J connectivity index is 1.53. The summed E-state index contributed by atoms with van der Waals surface area (Å²) >= 11 is 5.99. The lowest BCUT2D eigenvalue weighted by molar-refractivity contribution is 0.0747. The van der Waals surface area contributed by atoms with Crippen molar-refractivity contribution in [2.24, 2.45) is 0 Å². The van der Waals surface area contributed by atoms with Crippen LogP contribution in [0.5, 0.6) is 0 Å². The van der Waals surface area contributed by atoms with Gasteiger partial charge in [0.25, 0.3) is 5.91 Å². The summed E-state index contributed by atoms with van der Waals surface area (Å²) in [6.07, 6.45) is 0. The molecule has 0 saturated carbocycles. The molecule has 2 heterocycles. The Labute approximate surface area is 155 Å². The van der Waals surface area contributed by atoms with Gasteiger partial charge in [0, 0.05) is 48.2 Å². The fourth-order valence-corrected chi connectivity index (χ4v) is 3.57. The number of carbonyl (C=O) groups excluding carboxylic acids is 1. The quantitative estimate of drug-likeness (QED) is 0.757. The molecule has 0 radical (unpaired) electrons. The second-order valence-corrected chi connectivity index (χ2v) is 6.79. The molecule has 0 unspecified atom stereocenters. The maximum atomic E-state index is 12.7. The number of aromatic nitrogens is 1. The summed E-state index contributed by atoms with van der Waals surface area (Å²) in [6, 6.07) is 16.4. The number of amides is 1. The van der Waals surface area contributed by atoms with E-state index >= 15 is 0 Å². The van der Waals surface area contributed by atoms with E-state index < -0.39 is 0 Å². The smallest absolute Gasteiger partial charge is 0.254 e. The number of H-pyrrole nitrogens is 1. The van der Waals surface area contributed by atoms with Gasteiger partial charge in [-0.25, -0.2) is 0 Å². The summed E-state index contributed by atoms with van der Waals surface area (Å²) in [5.74, 6) is -0.00141. The largest absolute Gasteiger partial charge is 0.366 e. The van der Waals surface area contributed by atoms with Crippen molar-refractivity contribution < 1.29 is 4.79 Å². The van der Waals surface area contributed by atoms with Crippen LogP contribution in [0, 0.1) is 0 Å². The first-order valence-corrected chi connectivity index (χ1v) is 8.91. The van der Waals surface area contributed by atoms with E-state index in [4.69, 9.17) is 11.6 Å². The molecule has 132 valence electrons. The lowest BCUT2D eigenvalue weighted by atomic mass is 10.1. The van der Waals surface area contributed by atoms with Crippen molar-refractivity contribution in [1.82, 2.24) is 9.88 Å². The van der Waals surface area contributed by atoms with Crippen molar-refractivity contribution in [3.63, 3.8) is 0 Å². The highest BCUT2D eigenvalue weighted by molar-refractivity contribution is 6.30. The number of halogens is 1. The minimum atomic E-state index is -0.111. The zero-order valence-electron chi connectivity index (χ0n) is 14.1. The molecule has 0 atom stereocenters. The van der Waals surface area contributed by atoms with E-state index in [-0.39, 0.29) is 11.5 Å². The van der Waals surface area contributed by atoms with E-state index in [9.17, 15) is 9.59 Å². The number of hydrogen-bond acceptors (Lipinski definition) is 3. The number of fused-ring (bicyclic) bond motifs is 1. The van der Waals surface area contributed by atoms with Crippen molar-refractivity contribution in [3.05, 3.63) is 75.5 Å². The minimum absolute atomic E-state index is 0.00141. The fourth-order valence-electron chi connectivity index (χ4n) is 3.38. The van der Waals surface area contributed by atoms with Crippen LogP contribution >= 0.6 is 11.6 Å². The van der Waals surface area contributed by atoms with Crippen molar-refractivity contribution in [2.45, 2.75) is 0 Å². The maximum absolute atomic E-state index is 12.7. The van der Waals surface area contributed by atoms with Gasteiger partial charge in [-0.3, -0.25) is 9.59 Å². The van der Waals surface area contributed by atoms with Crippen molar-refractivity contribution in [2.75, 3.05) is 31.1 Å². The molecule has 1 aliphatic heterocycles. The number of hydrogen-bond donors (Lipinski definition) is 1. The fraction of sp³-hybridized carbons (Fsp3) is 0.200. The summed E-state index contributed by atoms with van der Waals surface area (Å²) in [4.78, 5) is 31.3. The van der Waals surface area contributed by atoms with Crippen LogP contribution in [0.3, 0.4) is 0 Å². The Morgan fingerprint density at radius 1 is 0.962 bits per heavy atom. The number of anilines is 1. The normalized spacial score (nSPS) is 14.7. The van der Waals surface area contributed by atoms with E-state index in [1.54, 1.807) is 24.3 Å². The summed E-state index contributed by atoms with van der Waals surface area (Å²) in [5, 5.41) is 1.56. The highest BCUT2D eigenvalue weighted by Crippen LogP contribution is 2.25. The average molecular weight is 368 g/mol. The second kappa shape index (κ2) is 6.84. The third kappa shape index (κ3) is 3.18. The number of nitrogens with one attached hydrogen (secondary N) is 1. The molecule has 4 rings (SSSR count). The summed E-state index contributed by atoms with van der Waals surface area (Å²) in [7, 11) is 0. The predicted octanol–water partition coefficient (Wildman–Crippen LogP) is 3.14. The van der Waals surface area contributed by atoms with Crippen LogP contribution in [-0.2, 0) is 0 Å². The van der Waals surface area contributed by atoms with Gasteiger partial charge in [-0.2, -0.15) is 0 Å². The molecule has 5 nitrogen and oxygen atoms in total. The molecule has 26 heavy (non-hydrogen) atoms. The molecule has 0 spiro atoms. The summed E-state index contributed by atoms with van der Waals surface area (Å²) in [5.41, 5.74) is 2.34. The van der Waals surface area contributed by atoms with Crippen LogP contribution in [-0.4, -0.2) is 42.0 Å².